The van der Waals surface area contributed by atoms with Gasteiger partial charge >= 0.3 is 0 Å². The number of aryl methyl sites for hydroxylation is 1. The van der Waals surface area contributed by atoms with Gasteiger partial charge in [-0.2, -0.15) is 5.26 Å². The van der Waals surface area contributed by atoms with Gasteiger partial charge in [0.15, 0.2) is 0 Å². The minimum absolute atomic E-state index is 0. The number of aromatic nitrogens is 2. The first-order valence-electron chi connectivity index (χ1n) is 11.5. The van der Waals surface area contributed by atoms with E-state index in [0.717, 1.165) is 52.4 Å². The Morgan fingerprint density at radius 2 is 1.54 bits per heavy atom. The predicted octanol–water partition coefficient (Wildman–Crippen LogP) is 7.81. The summed E-state index contributed by atoms with van der Waals surface area (Å²) in [5.74, 6) is 0. The Balaban J connectivity index is 0.00000190. The Morgan fingerprint density at radius 3 is 2.27 bits per heavy atom. The van der Waals surface area contributed by atoms with Gasteiger partial charge in [-0.1, -0.05) is 72.3 Å². The van der Waals surface area contributed by atoms with Crippen molar-refractivity contribution in [2.45, 2.75) is 19.6 Å². The van der Waals surface area contributed by atoms with Gasteiger partial charge in [0.05, 0.1) is 23.7 Å². The molecule has 0 bridgehead atoms. The average molecular weight is 550 g/mol. The standard InChI is InChI=1S/C30H25ClN4.2ClH/c1-34-21-33-17-27(34)20-35(18-22-10-13-26(31)14-11-22)19-23-9-12-25(16-32)30(15-23)29-8-4-6-24-5-2-3-7-28(24)29;;/h2-15,17,21H,18-20H2,1H3;2*1H. The smallest absolute Gasteiger partial charge is 0.0998 e. The van der Waals surface area contributed by atoms with Gasteiger partial charge in [-0.25, -0.2) is 4.98 Å². The van der Waals surface area contributed by atoms with E-state index in [1.807, 2.05) is 49.9 Å². The van der Waals surface area contributed by atoms with Crippen LogP contribution in [0, 0.1) is 11.3 Å². The largest absolute Gasteiger partial charge is 0.337 e. The van der Waals surface area contributed by atoms with Crippen LogP contribution >= 0.6 is 36.4 Å². The van der Waals surface area contributed by atoms with E-state index >= 15 is 0 Å². The number of benzene rings is 4. The van der Waals surface area contributed by atoms with E-state index in [4.69, 9.17) is 11.6 Å². The second-order valence-corrected chi connectivity index (χ2v) is 9.22. The molecule has 0 unspecified atom stereocenters. The summed E-state index contributed by atoms with van der Waals surface area (Å²) >= 11 is 6.11. The molecule has 0 saturated heterocycles. The highest BCUT2D eigenvalue weighted by Crippen LogP contribution is 2.32. The molecule has 5 rings (SSSR count). The lowest BCUT2D eigenvalue weighted by Gasteiger charge is -2.23. The van der Waals surface area contributed by atoms with E-state index in [-0.39, 0.29) is 24.8 Å². The summed E-state index contributed by atoms with van der Waals surface area (Å²) in [6.07, 6.45) is 3.74. The van der Waals surface area contributed by atoms with E-state index in [1.165, 1.54) is 10.9 Å². The van der Waals surface area contributed by atoms with Crippen molar-refractivity contribution in [2.75, 3.05) is 0 Å². The van der Waals surface area contributed by atoms with Crippen LogP contribution in [-0.2, 0) is 26.7 Å². The van der Waals surface area contributed by atoms with Gasteiger partial charge in [0.2, 0.25) is 0 Å². The fraction of sp³-hybridized carbons (Fsp3) is 0.133. The Morgan fingerprint density at radius 1 is 0.838 bits per heavy atom. The van der Waals surface area contributed by atoms with Crippen LogP contribution in [0.1, 0.15) is 22.4 Å². The maximum atomic E-state index is 9.86. The fourth-order valence-electron chi connectivity index (χ4n) is 4.51. The molecule has 1 heterocycles. The minimum atomic E-state index is 0. The van der Waals surface area contributed by atoms with Gasteiger partial charge in [-0.3, -0.25) is 4.90 Å². The van der Waals surface area contributed by atoms with Crippen LogP contribution < -0.4 is 0 Å². The van der Waals surface area contributed by atoms with Crippen LogP contribution in [-0.4, -0.2) is 14.5 Å². The molecule has 0 radical (unpaired) electrons. The summed E-state index contributed by atoms with van der Waals surface area (Å²) in [5, 5.41) is 12.9. The third kappa shape index (κ3) is 6.52. The second kappa shape index (κ2) is 12.8. The first-order chi connectivity index (χ1) is 17.1. The van der Waals surface area contributed by atoms with Crippen molar-refractivity contribution in [3.05, 3.63) is 125 Å². The first-order valence-corrected chi connectivity index (χ1v) is 11.9. The number of nitrogens with zero attached hydrogens (tertiary/aromatic N) is 4. The van der Waals surface area contributed by atoms with Crippen molar-refractivity contribution < 1.29 is 0 Å². The molecule has 188 valence electrons. The average Bonchev–Trinajstić information content (AvgIpc) is 3.29. The van der Waals surface area contributed by atoms with Crippen LogP contribution in [0.15, 0.2) is 97.5 Å². The molecule has 7 heteroatoms. The highest BCUT2D eigenvalue weighted by atomic mass is 35.5. The highest BCUT2D eigenvalue weighted by Gasteiger charge is 2.14. The molecule has 1 aromatic heterocycles. The number of halogens is 3. The maximum absolute atomic E-state index is 9.86. The van der Waals surface area contributed by atoms with Crippen molar-refractivity contribution in [1.82, 2.24) is 14.5 Å². The Bertz CT molecular complexity index is 1520. The number of hydrogen-bond donors (Lipinski definition) is 0. The summed E-state index contributed by atoms with van der Waals surface area (Å²) in [5.41, 5.74) is 6.22. The molecular weight excluding hydrogens is 523 g/mol. The number of hydrogen-bond acceptors (Lipinski definition) is 3. The van der Waals surface area contributed by atoms with Crippen LogP contribution in [0.25, 0.3) is 21.9 Å². The molecule has 4 aromatic carbocycles. The molecule has 0 spiro atoms. The SMILES string of the molecule is Cl.Cl.Cn1cncc1CN(Cc1ccc(Cl)cc1)Cc1ccc(C#N)c(-c2cccc3ccccc23)c1. The topological polar surface area (TPSA) is 44.9 Å². The lowest BCUT2D eigenvalue weighted by atomic mass is 9.93. The molecule has 0 fully saturated rings. The lowest BCUT2D eigenvalue weighted by molar-refractivity contribution is 0.242. The zero-order valence-electron chi connectivity index (χ0n) is 20.3. The summed E-state index contributed by atoms with van der Waals surface area (Å²) < 4.78 is 2.05. The van der Waals surface area contributed by atoms with E-state index in [9.17, 15) is 5.26 Å². The summed E-state index contributed by atoms with van der Waals surface area (Å²) in [6.45, 7) is 2.26. The highest BCUT2D eigenvalue weighted by molar-refractivity contribution is 6.30. The minimum Gasteiger partial charge on any atom is -0.337 e. The molecule has 0 amide bonds. The van der Waals surface area contributed by atoms with Crippen molar-refractivity contribution in [1.29, 1.82) is 5.26 Å². The van der Waals surface area contributed by atoms with Gasteiger partial charge in [-0.15, -0.1) is 24.8 Å². The van der Waals surface area contributed by atoms with Crippen LogP contribution in [0.5, 0.6) is 0 Å². The number of imidazole rings is 1. The Labute approximate surface area is 235 Å². The summed E-state index contributed by atoms with van der Waals surface area (Å²) in [7, 11) is 2.02. The number of rotatable bonds is 7. The first kappa shape index (κ1) is 28.2. The molecule has 5 aromatic rings. The summed E-state index contributed by atoms with van der Waals surface area (Å²) in [4.78, 5) is 6.67. The lowest BCUT2D eigenvalue weighted by Crippen LogP contribution is -2.23. The second-order valence-electron chi connectivity index (χ2n) is 8.79. The van der Waals surface area contributed by atoms with E-state index in [0.29, 0.717) is 5.56 Å². The Kier molecular flexibility index (Phi) is 9.74. The van der Waals surface area contributed by atoms with E-state index in [1.54, 1.807) is 0 Å². The summed E-state index contributed by atoms with van der Waals surface area (Å²) in [6, 6.07) is 31.1. The van der Waals surface area contributed by atoms with Crippen molar-refractivity contribution >= 4 is 47.2 Å². The van der Waals surface area contributed by atoms with Gasteiger partial charge in [0.1, 0.15) is 0 Å². The zero-order chi connectivity index (χ0) is 24.2. The van der Waals surface area contributed by atoms with Crippen molar-refractivity contribution in [2.24, 2.45) is 7.05 Å². The van der Waals surface area contributed by atoms with Crippen LogP contribution in [0.2, 0.25) is 5.02 Å². The van der Waals surface area contributed by atoms with Gasteiger partial charge < -0.3 is 4.57 Å². The number of fused-ring (bicyclic) bond motifs is 1. The molecule has 0 saturated carbocycles. The van der Waals surface area contributed by atoms with E-state index in [2.05, 4.69) is 75.1 Å². The Hall–Kier alpha value is -3.33. The van der Waals surface area contributed by atoms with Crippen molar-refractivity contribution in [3.63, 3.8) is 0 Å². The molecule has 0 aliphatic rings. The molecule has 0 N–H and O–H groups in total. The third-order valence-electron chi connectivity index (χ3n) is 6.31. The fourth-order valence-corrected chi connectivity index (χ4v) is 4.64. The quantitative estimate of drug-likeness (QED) is 0.208. The van der Waals surface area contributed by atoms with Crippen LogP contribution in [0.4, 0.5) is 0 Å². The van der Waals surface area contributed by atoms with Crippen molar-refractivity contribution in [3.8, 4) is 17.2 Å². The monoisotopic (exact) mass is 548 g/mol. The number of nitriles is 1. The van der Waals surface area contributed by atoms with Gasteiger partial charge in [0, 0.05) is 43.5 Å². The predicted molar refractivity (Wildman–Crippen MR) is 156 cm³/mol. The molecule has 0 aliphatic carbocycles. The molecule has 37 heavy (non-hydrogen) atoms. The zero-order valence-corrected chi connectivity index (χ0v) is 22.7. The maximum Gasteiger partial charge on any atom is 0.0998 e. The van der Waals surface area contributed by atoms with Gasteiger partial charge in [0.25, 0.3) is 0 Å². The molecular formula is C30H27Cl3N4. The third-order valence-corrected chi connectivity index (χ3v) is 6.56. The van der Waals surface area contributed by atoms with Crippen LogP contribution in [0.3, 0.4) is 0 Å². The normalized spacial score (nSPS) is 10.5. The molecule has 0 aliphatic heterocycles. The molecule has 4 nitrogen and oxygen atoms in total. The van der Waals surface area contributed by atoms with E-state index < -0.39 is 0 Å². The van der Waals surface area contributed by atoms with Gasteiger partial charge in [-0.05, 0) is 51.7 Å². The molecule has 0 atom stereocenters.